The fraction of sp³-hybridized carbons (Fsp3) is 0.500. The molecule has 1 aromatic carbocycles. The van der Waals surface area contributed by atoms with Crippen LogP contribution in [0.15, 0.2) is 24.3 Å². The second-order valence-corrected chi connectivity index (χ2v) is 8.35. The van der Waals surface area contributed by atoms with Crippen LogP contribution in [0.3, 0.4) is 0 Å². The van der Waals surface area contributed by atoms with Crippen molar-refractivity contribution in [2.75, 3.05) is 0 Å². The van der Waals surface area contributed by atoms with Gasteiger partial charge in [-0.1, -0.05) is 44.5 Å². The van der Waals surface area contributed by atoms with Gasteiger partial charge in [-0.3, -0.25) is 14.4 Å². The number of amides is 2. The molecule has 160 valence electrons. The zero-order valence-electron chi connectivity index (χ0n) is 16.9. The molecule has 1 unspecified atom stereocenters. The minimum atomic E-state index is -1.37. The van der Waals surface area contributed by atoms with Gasteiger partial charge in [-0.05, 0) is 36.5 Å². The molecule has 1 aromatic rings. The molecular weight excluding hydrogens is 400 g/mol. The fourth-order valence-corrected chi connectivity index (χ4v) is 2.75. The standard InChI is InChI=1S/C20H27ClN2O6/c1-11(12-5-7-13(21)8-6-12)17(26)23-16(20(2,3)4)18(27)22-14(19(28)29)9-10-15(24)25/h5-8,11,14,16H,9-10H2,1-4H3,(H,22,27)(H,23,26)(H,24,25)(H,28,29)/t11?,14-,16-/m1/s1. The van der Waals surface area contributed by atoms with Gasteiger partial charge in [-0.15, -0.1) is 0 Å². The summed E-state index contributed by atoms with van der Waals surface area (Å²) in [5.41, 5.74) is -0.000172. The normalized spacial score (nSPS) is 14.4. The number of halogens is 1. The van der Waals surface area contributed by atoms with Crippen LogP contribution in [-0.2, 0) is 19.2 Å². The van der Waals surface area contributed by atoms with Crippen LogP contribution in [0.4, 0.5) is 0 Å². The maximum Gasteiger partial charge on any atom is 0.326 e. The summed E-state index contributed by atoms with van der Waals surface area (Å²) in [5, 5.41) is 23.6. The van der Waals surface area contributed by atoms with Gasteiger partial charge in [-0.2, -0.15) is 0 Å². The van der Waals surface area contributed by atoms with E-state index in [1.807, 2.05) is 0 Å². The molecule has 8 nitrogen and oxygen atoms in total. The number of hydrogen-bond acceptors (Lipinski definition) is 4. The van der Waals surface area contributed by atoms with Crippen LogP contribution in [0.1, 0.15) is 52.0 Å². The Hall–Kier alpha value is -2.61. The van der Waals surface area contributed by atoms with Gasteiger partial charge >= 0.3 is 11.9 Å². The maximum atomic E-state index is 12.7. The largest absolute Gasteiger partial charge is 0.481 e. The van der Waals surface area contributed by atoms with Crippen LogP contribution in [0.2, 0.25) is 5.02 Å². The number of rotatable bonds is 9. The molecule has 0 saturated heterocycles. The predicted molar refractivity (Wildman–Crippen MR) is 108 cm³/mol. The van der Waals surface area contributed by atoms with E-state index in [-0.39, 0.29) is 6.42 Å². The van der Waals surface area contributed by atoms with Crippen molar-refractivity contribution in [3.8, 4) is 0 Å². The van der Waals surface area contributed by atoms with Crippen LogP contribution in [0.25, 0.3) is 0 Å². The average molecular weight is 427 g/mol. The van der Waals surface area contributed by atoms with E-state index in [0.717, 1.165) is 0 Å². The van der Waals surface area contributed by atoms with Crippen LogP contribution in [0, 0.1) is 5.41 Å². The fourth-order valence-electron chi connectivity index (χ4n) is 2.63. The smallest absolute Gasteiger partial charge is 0.326 e. The van der Waals surface area contributed by atoms with Crippen molar-refractivity contribution in [3.63, 3.8) is 0 Å². The molecule has 0 aliphatic rings. The molecule has 0 aromatic heterocycles. The number of benzene rings is 1. The number of carboxylic acids is 2. The molecule has 0 fully saturated rings. The first kappa shape index (κ1) is 24.4. The average Bonchev–Trinajstić information content (AvgIpc) is 2.61. The van der Waals surface area contributed by atoms with Crippen molar-refractivity contribution in [1.29, 1.82) is 0 Å². The zero-order chi connectivity index (χ0) is 22.4. The van der Waals surface area contributed by atoms with E-state index in [1.54, 1.807) is 52.0 Å². The highest BCUT2D eigenvalue weighted by atomic mass is 35.5. The highest BCUT2D eigenvalue weighted by Crippen LogP contribution is 2.23. The van der Waals surface area contributed by atoms with Crippen LogP contribution >= 0.6 is 11.6 Å². The minimum Gasteiger partial charge on any atom is -0.481 e. The van der Waals surface area contributed by atoms with Crippen molar-refractivity contribution >= 4 is 35.4 Å². The summed E-state index contributed by atoms with van der Waals surface area (Å²) >= 11 is 5.86. The van der Waals surface area contributed by atoms with E-state index in [9.17, 15) is 24.3 Å². The zero-order valence-corrected chi connectivity index (χ0v) is 17.6. The molecule has 4 N–H and O–H groups in total. The van der Waals surface area contributed by atoms with Crippen LogP contribution in [-0.4, -0.2) is 46.0 Å². The second kappa shape index (κ2) is 10.2. The summed E-state index contributed by atoms with van der Waals surface area (Å²) in [6.07, 6.45) is -0.667. The molecule has 9 heteroatoms. The Labute approximate surface area is 174 Å². The van der Waals surface area contributed by atoms with Gasteiger partial charge in [0, 0.05) is 11.4 Å². The number of hydrogen-bond donors (Lipinski definition) is 4. The maximum absolute atomic E-state index is 12.7. The van der Waals surface area contributed by atoms with Gasteiger partial charge in [0.15, 0.2) is 0 Å². The lowest BCUT2D eigenvalue weighted by Crippen LogP contribution is -2.57. The minimum absolute atomic E-state index is 0.262. The molecule has 29 heavy (non-hydrogen) atoms. The third-order valence-corrected chi connectivity index (χ3v) is 4.69. The molecule has 0 heterocycles. The molecule has 0 aliphatic carbocycles. The van der Waals surface area contributed by atoms with E-state index in [4.69, 9.17) is 16.7 Å². The van der Waals surface area contributed by atoms with Crippen molar-refractivity contribution in [2.45, 2.75) is 58.5 Å². The molecule has 2 amide bonds. The summed E-state index contributed by atoms with van der Waals surface area (Å²) in [7, 11) is 0. The first-order valence-electron chi connectivity index (χ1n) is 9.13. The number of carbonyl (C=O) groups excluding carboxylic acids is 2. The molecule has 0 radical (unpaired) electrons. The molecule has 0 saturated carbocycles. The summed E-state index contributed by atoms with van der Waals surface area (Å²) in [5.74, 6) is -4.16. The Morgan fingerprint density at radius 3 is 2.00 bits per heavy atom. The van der Waals surface area contributed by atoms with E-state index < -0.39 is 53.6 Å². The summed E-state index contributed by atoms with van der Waals surface area (Å²) in [4.78, 5) is 47.5. The Bertz CT molecular complexity index is 757. The third kappa shape index (κ3) is 7.73. The lowest BCUT2D eigenvalue weighted by molar-refractivity contribution is -0.144. The Morgan fingerprint density at radius 2 is 1.55 bits per heavy atom. The van der Waals surface area contributed by atoms with Crippen LogP contribution < -0.4 is 10.6 Å². The van der Waals surface area contributed by atoms with Crippen molar-refractivity contribution < 1.29 is 29.4 Å². The predicted octanol–water partition coefficient (Wildman–Crippen LogP) is 2.41. The number of carboxylic acid groups (broad SMARTS) is 2. The van der Waals surface area contributed by atoms with E-state index >= 15 is 0 Å². The number of carbonyl (C=O) groups is 4. The first-order valence-corrected chi connectivity index (χ1v) is 9.51. The molecule has 0 bridgehead atoms. The number of aliphatic carboxylic acids is 2. The quantitative estimate of drug-likeness (QED) is 0.479. The van der Waals surface area contributed by atoms with Crippen molar-refractivity contribution in [3.05, 3.63) is 34.9 Å². The highest BCUT2D eigenvalue weighted by Gasteiger charge is 2.36. The van der Waals surface area contributed by atoms with Crippen molar-refractivity contribution in [2.24, 2.45) is 5.41 Å². The molecule has 3 atom stereocenters. The lowest BCUT2D eigenvalue weighted by Gasteiger charge is -2.32. The summed E-state index contributed by atoms with van der Waals surface area (Å²) in [6.45, 7) is 6.88. The second-order valence-electron chi connectivity index (χ2n) is 7.91. The SMILES string of the molecule is CC(C(=O)N[C@H](C(=O)N[C@H](CCC(=O)O)C(=O)O)C(C)(C)C)c1ccc(Cl)cc1. The van der Waals surface area contributed by atoms with Crippen LogP contribution in [0.5, 0.6) is 0 Å². The molecule has 0 aliphatic heterocycles. The highest BCUT2D eigenvalue weighted by molar-refractivity contribution is 6.30. The molecule has 1 rings (SSSR count). The molecular formula is C20H27ClN2O6. The first-order chi connectivity index (χ1) is 13.3. The number of nitrogens with one attached hydrogen (secondary N) is 2. The van der Waals surface area contributed by atoms with Gasteiger partial charge in [0.05, 0.1) is 5.92 Å². The summed E-state index contributed by atoms with van der Waals surface area (Å²) < 4.78 is 0. The van der Waals surface area contributed by atoms with Gasteiger partial charge in [0.1, 0.15) is 12.1 Å². The van der Waals surface area contributed by atoms with E-state index in [2.05, 4.69) is 10.6 Å². The third-order valence-electron chi connectivity index (χ3n) is 4.44. The Kier molecular flexibility index (Phi) is 8.63. The van der Waals surface area contributed by atoms with E-state index in [0.29, 0.717) is 10.6 Å². The van der Waals surface area contributed by atoms with Crippen molar-refractivity contribution in [1.82, 2.24) is 10.6 Å². The Balaban J connectivity index is 2.94. The lowest BCUT2D eigenvalue weighted by atomic mass is 9.85. The summed E-state index contributed by atoms with van der Waals surface area (Å²) in [6, 6.07) is 4.37. The topological polar surface area (TPSA) is 133 Å². The van der Waals surface area contributed by atoms with Gasteiger partial charge in [-0.25, -0.2) is 4.79 Å². The Morgan fingerprint density at radius 1 is 1.00 bits per heavy atom. The van der Waals surface area contributed by atoms with Gasteiger partial charge in [0.2, 0.25) is 11.8 Å². The van der Waals surface area contributed by atoms with Gasteiger partial charge in [0.25, 0.3) is 0 Å². The monoisotopic (exact) mass is 426 g/mol. The van der Waals surface area contributed by atoms with Gasteiger partial charge < -0.3 is 20.8 Å². The van der Waals surface area contributed by atoms with E-state index in [1.165, 1.54) is 0 Å². The molecule has 0 spiro atoms.